The van der Waals surface area contributed by atoms with E-state index in [1.54, 1.807) is 0 Å². The monoisotopic (exact) mass is 382 g/mol. The SMILES string of the molecule is NS(=O)(=O)C1CCCN(C(=O)c2c(F)cc(Br)cc2F)C1. The second kappa shape index (κ2) is 5.98. The van der Waals surface area contributed by atoms with Gasteiger partial charge in [0.25, 0.3) is 5.91 Å². The van der Waals surface area contributed by atoms with E-state index in [1.807, 2.05) is 0 Å². The summed E-state index contributed by atoms with van der Waals surface area (Å²) in [5, 5.41) is 4.17. The molecular weight excluding hydrogens is 370 g/mol. The minimum absolute atomic E-state index is 0.160. The number of primary sulfonamides is 1. The van der Waals surface area contributed by atoms with Crippen LogP contribution in [0.4, 0.5) is 8.78 Å². The highest BCUT2D eigenvalue weighted by molar-refractivity contribution is 9.10. The van der Waals surface area contributed by atoms with Gasteiger partial charge < -0.3 is 4.90 Å². The quantitative estimate of drug-likeness (QED) is 0.843. The second-order valence-electron chi connectivity index (χ2n) is 4.85. The number of hydrogen-bond donors (Lipinski definition) is 1. The molecule has 9 heteroatoms. The van der Waals surface area contributed by atoms with Crippen LogP contribution < -0.4 is 5.14 Å². The summed E-state index contributed by atoms with van der Waals surface area (Å²) in [5.41, 5.74) is -0.687. The third-order valence-electron chi connectivity index (χ3n) is 3.35. The lowest BCUT2D eigenvalue weighted by molar-refractivity contribution is 0.0717. The Hall–Kier alpha value is -1.06. The molecule has 1 unspecified atom stereocenters. The minimum atomic E-state index is -3.79. The Morgan fingerprint density at radius 2 is 1.90 bits per heavy atom. The number of rotatable bonds is 2. The van der Waals surface area contributed by atoms with Crippen molar-refractivity contribution < 1.29 is 22.0 Å². The molecule has 1 atom stereocenters. The molecule has 21 heavy (non-hydrogen) atoms. The number of nitrogens with zero attached hydrogens (tertiary/aromatic N) is 1. The summed E-state index contributed by atoms with van der Waals surface area (Å²) >= 11 is 2.93. The lowest BCUT2D eigenvalue weighted by atomic mass is 10.1. The van der Waals surface area contributed by atoms with Crippen molar-refractivity contribution >= 4 is 31.9 Å². The molecular formula is C12H13BrF2N2O3S. The van der Waals surface area contributed by atoms with E-state index in [4.69, 9.17) is 5.14 Å². The summed E-state index contributed by atoms with van der Waals surface area (Å²) < 4.78 is 50.5. The van der Waals surface area contributed by atoms with Gasteiger partial charge >= 0.3 is 0 Å². The van der Waals surface area contributed by atoms with E-state index in [-0.39, 0.29) is 17.6 Å². The zero-order chi connectivity index (χ0) is 15.8. The first-order chi connectivity index (χ1) is 9.70. The van der Waals surface area contributed by atoms with E-state index in [2.05, 4.69) is 15.9 Å². The van der Waals surface area contributed by atoms with E-state index in [0.29, 0.717) is 12.8 Å². The zero-order valence-electron chi connectivity index (χ0n) is 10.9. The lowest BCUT2D eigenvalue weighted by Crippen LogP contribution is -2.47. The van der Waals surface area contributed by atoms with E-state index < -0.39 is 38.4 Å². The van der Waals surface area contributed by atoms with Crippen LogP contribution in [0.15, 0.2) is 16.6 Å². The molecule has 1 aliphatic heterocycles. The van der Waals surface area contributed by atoms with Gasteiger partial charge in [-0.15, -0.1) is 0 Å². The molecule has 1 aromatic carbocycles. The smallest absolute Gasteiger partial charge is 0.259 e. The average Bonchev–Trinajstić information content (AvgIpc) is 2.36. The van der Waals surface area contributed by atoms with Crippen LogP contribution in [0.5, 0.6) is 0 Å². The Morgan fingerprint density at radius 3 is 2.43 bits per heavy atom. The maximum absolute atomic E-state index is 13.8. The van der Waals surface area contributed by atoms with Crippen molar-refractivity contribution in [1.82, 2.24) is 4.90 Å². The number of piperidine rings is 1. The van der Waals surface area contributed by atoms with Crippen molar-refractivity contribution in [2.24, 2.45) is 5.14 Å². The van der Waals surface area contributed by atoms with Crippen LogP contribution in [0.25, 0.3) is 0 Å². The van der Waals surface area contributed by atoms with Crippen molar-refractivity contribution in [1.29, 1.82) is 0 Å². The van der Waals surface area contributed by atoms with Crippen molar-refractivity contribution in [2.75, 3.05) is 13.1 Å². The molecule has 0 aromatic heterocycles. The van der Waals surface area contributed by atoms with Gasteiger partial charge in [-0.05, 0) is 25.0 Å². The molecule has 2 N–H and O–H groups in total. The van der Waals surface area contributed by atoms with Crippen LogP contribution in [-0.4, -0.2) is 37.6 Å². The van der Waals surface area contributed by atoms with Crippen LogP contribution in [0, 0.1) is 11.6 Å². The van der Waals surface area contributed by atoms with Crippen LogP contribution in [0.2, 0.25) is 0 Å². The third-order valence-corrected chi connectivity index (χ3v) is 5.12. The standard InChI is InChI=1S/C12H13BrF2N2O3S/c13-7-4-9(14)11(10(15)5-7)12(18)17-3-1-2-8(6-17)21(16,19)20/h4-5,8H,1-3,6H2,(H2,16,19,20). The topological polar surface area (TPSA) is 80.5 Å². The minimum Gasteiger partial charge on any atom is -0.337 e. The number of likely N-dealkylation sites (tertiary alicyclic amines) is 1. The van der Waals surface area contributed by atoms with Crippen LogP contribution in [0.3, 0.4) is 0 Å². The van der Waals surface area contributed by atoms with Crippen molar-refractivity contribution in [3.8, 4) is 0 Å². The van der Waals surface area contributed by atoms with Gasteiger partial charge in [0.15, 0.2) is 0 Å². The molecule has 1 aromatic rings. The van der Waals surface area contributed by atoms with Crippen LogP contribution in [-0.2, 0) is 10.0 Å². The van der Waals surface area contributed by atoms with Crippen molar-refractivity contribution in [2.45, 2.75) is 18.1 Å². The number of nitrogens with two attached hydrogens (primary N) is 1. The largest absolute Gasteiger partial charge is 0.337 e. The van der Waals surface area contributed by atoms with Gasteiger partial charge in [-0.3, -0.25) is 4.79 Å². The molecule has 1 amide bonds. The normalized spacial score (nSPS) is 19.6. The molecule has 0 aliphatic carbocycles. The molecule has 0 bridgehead atoms. The van der Waals surface area contributed by atoms with E-state index >= 15 is 0 Å². The predicted molar refractivity (Wildman–Crippen MR) is 76.1 cm³/mol. The Labute approximate surface area is 129 Å². The molecule has 1 heterocycles. The van der Waals surface area contributed by atoms with E-state index in [9.17, 15) is 22.0 Å². The summed E-state index contributed by atoms with van der Waals surface area (Å²) in [5.74, 6) is -2.86. The first-order valence-corrected chi connectivity index (χ1v) is 8.56. The fourth-order valence-electron chi connectivity index (χ4n) is 2.30. The molecule has 0 radical (unpaired) electrons. The van der Waals surface area contributed by atoms with Gasteiger partial charge in [-0.2, -0.15) is 0 Å². The van der Waals surface area contributed by atoms with Gasteiger partial charge in [-0.1, -0.05) is 15.9 Å². The number of halogens is 3. The Morgan fingerprint density at radius 1 is 1.33 bits per heavy atom. The molecule has 116 valence electrons. The third kappa shape index (κ3) is 3.58. The highest BCUT2D eigenvalue weighted by Crippen LogP contribution is 2.23. The van der Waals surface area contributed by atoms with Crippen molar-refractivity contribution in [3.63, 3.8) is 0 Å². The average molecular weight is 383 g/mol. The summed E-state index contributed by atoms with van der Waals surface area (Å²) in [6.45, 7) is 0.0758. The van der Waals surface area contributed by atoms with Crippen molar-refractivity contribution in [3.05, 3.63) is 33.8 Å². The molecule has 0 saturated carbocycles. The first-order valence-electron chi connectivity index (χ1n) is 6.15. The molecule has 1 saturated heterocycles. The lowest BCUT2D eigenvalue weighted by Gasteiger charge is -2.31. The highest BCUT2D eigenvalue weighted by Gasteiger charge is 2.32. The van der Waals surface area contributed by atoms with E-state index in [0.717, 1.165) is 17.0 Å². The Bertz CT molecular complexity index is 658. The summed E-state index contributed by atoms with van der Waals surface area (Å²) in [4.78, 5) is 13.3. The number of carbonyl (C=O) groups is 1. The number of benzene rings is 1. The van der Waals surface area contributed by atoms with Gasteiger partial charge in [0.1, 0.15) is 17.2 Å². The highest BCUT2D eigenvalue weighted by atomic mass is 79.9. The van der Waals surface area contributed by atoms with E-state index in [1.165, 1.54) is 0 Å². The Balaban J connectivity index is 2.28. The van der Waals surface area contributed by atoms with Gasteiger partial charge in [-0.25, -0.2) is 22.3 Å². The van der Waals surface area contributed by atoms with Gasteiger partial charge in [0, 0.05) is 17.6 Å². The fraction of sp³-hybridized carbons (Fsp3) is 0.417. The predicted octanol–water partition coefficient (Wildman–Crippen LogP) is 1.62. The molecule has 2 rings (SSSR count). The van der Waals surface area contributed by atoms with Gasteiger partial charge in [0.2, 0.25) is 10.0 Å². The number of amides is 1. The maximum Gasteiger partial charge on any atom is 0.259 e. The number of carbonyl (C=O) groups excluding carboxylic acids is 1. The first kappa shape index (κ1) is 16.3. The molecule has 1 fully saturated rings. The van der Waals surface area contributed by atoms with Crippen LogP contribution >= 0.6 is 15.9 Å². The molecule has 5 nitrogen and oxygen atoms in total. The van der Waals surface area contributed by atoms with Gasteiger partial charge in [0.05, 0.1) is 5.25 Å². The summed E-state index contributed by atoms with van der Waals surface area (Å²) in [6.07, 6.45) is 0.737. The molecule has 0 spiro atoms. The molecule has 1 aliphatic rings. The summed E-state index contributed by atoms with van der Waals surface area (Å²) in [6, 6.07) is 1.97. The Kier molecular flexibility index (Phi) is 4.64. The zero-order valence-corrected chi connectivity index (χ0v) is 13.3. The maximum atomic E-state index is 13.8. The second-order valence-corrected chi connectivity index (χ2v) is 7.61. The van der Waals surface area contributed by atoms with Crippen LogP contribution in [0.1, 0.15) is 23.2 Å². The fourth-order valence-corrected chi connectivity index (χ4v) is 3.58. The summed E-state index contributed by atoms with van der Waals surface area (Å²) in [7, 11) is -3.79. The number of sulfonamides is 1. The number of hydrogen-bond acceptors (Lipinski definition) is 3.